The fourth-order valence-corrected chi connectivity index (χ4v) is 3.26. The summed E-state index contributed by atoms with van der Waals surface area (Å²) in [5.41, 5.74) is 2.16. The summed E-state index contributed by atoms with van der Waals surface area (Å²) in [6, 6.07) is 0. The van der Waals surface area contributed by atoms with E-state index < -0.39 is 6.10 Å². The first-order valence-electron chi connectivity index (χ1n) is 6.56. The molecule has 17 heavy (non-hydrogen) atoms. The summed E-state index contributed by atoms with van der Waals surface area (Å²) in [5.74, 6) is 0.865. The number of hydrogen-bond donors (Lipinski definition) is 2. The van der Waals surface area contributed by atoms with Crippen molar-refractivity contribution >= 4 is 0 Å². The van der Waals surface area contributed by atoms with E-state index in [4.69, 9.17) is 0 Å². The molecule has 2 nitrogen and oxygen atoms in total. The minimum Gasteiger partial charge on any atom is -0.389 e. The van der Waals surface area contributed by atoms with Crippen LogP contribution in [0.5, 0.6) is 0 Å². The highest BCUT2D eigenvalue weighted by molar-refractivity contribution is 5.21. The molecule has 0 aliphatic heterocycles. The van der Waals surface area contributed by atoms with Crippen LogP contribution < -0.4 is 0 Å². The van der Waals surface area contributed by atoms with E-state index in [2.05, 4.69) is 26.5 Å². The van der Waals surface area contributed by atoms with E-state index in [-0.39, 0.29) is 11.5 Å². The van der Waals surface area contributed by atoms with Gasteiger partial charge in [-0.2, -0.15) is 0 Å². The van der Waals surface area contributed by atoms with Crippen LogP contribution in [-0.2, 0) is 0 Å². The number of hydrogen-bond acceptors (Lipinski definition) is 2. The number of aliphatic hydroxyl groups excluding tert-OH is 2. The van der Waals surface area contributed by atoms with Crippen LogP contribution in [0.15, 0.2) is 23.8 Å². The lowest BCUT2D eigenvalue weighted by molar-refractivity contribution is 0.155. The van der Waals surface area contributed by atoms with E-state index in [1.54, 1.807) is 0 Å². The highest BCUT2D eigenvalue weighted by Crippen LogP contribution is 2.62. The Bertz CT molecular complexity index is 354. The van der Waals surface area contributed by atoms with Crippen molar-refractivity contribution in [2.75, 3.05) is 0 Å². The standard InChI is InChI=1S/C15H24O2/c1-9-5-7-11-13(15(11,3)4)14(17)10(2)6-8-12(9)16/h5,11-14,16-17H,2,6-8H2,1,3-4H3/t11?,12-,13?,14?/m0/s1. The molecule has 0 spiro atoms. The van der Waals surface area contributed by atoms with Crippen LogP contribution in [0.25, 0.3) is 0 Å². The molecule has 0 aromatic heterocycles. The first-order chi connectivity index (χ1) is 7.85. The van der Waals surface area contributed by atoms with E-state index in [1.165, 1.54) is 0 Å². The van der Waals surface area contributed by atoms with Gasteiger partial charge in [0.15, 0.2) is 0 Å². The molecular weight excluding hydrogens is 212 g/mol. The second kappa shape index (κ2) is 4.25. The fourth-order valence-electron chi connectivity index (χ4n) is 3.26. The molecule has 4 atom stereocenters. The average molecular weight is 236 g/mol. The molecule has 0 bridgehead atoms. The van der Waals surface area contributed by atoms with Gasteiger partial charge in [0.25, 0.3) is 0 Å². The smallest absolute Gasteiger partial charge is 0.0783 e. The van der Waals surface area contributed by atoms with Gasteiger partial charge in [-0.15, -0.1) is 0 Å². The van der Waals surface area contributed by atoms with Gasteiger partial charge < -0.3 is 10.2 Å². The van der Waals surface area contributed by atoms with Gasteiger partial charge in [-0.25, -0.2) is 0 Å². The van der Waals surface area contributed by atoms with Crippen LogP contribution >= 0.6 is 0 Å². The zero-order valence-electron chi connectivity index (χ0n) is 11.1. The molecule has 2 rings (SSSR count). The molecule has 0 aromatic rings. The molecule has 3 unspecified atom stereocenters. The monoisotopic (exact) mass is 236 g/mol. The van der Waals surface area contributed by atoms with Crippen LogP contribution in [-0.4, -0.2) is 22.4 Å². The van der Waals surface area contributed by atoms with Gasteiger partial charge in [0.05, 0.1) is 12.2 Å². The SMILES string of the molecule is C=C1CC[C@H](O)C(C)=CCC2C(C1O)C2(C)C. The van der Waals surface area contributed by atoms with Crippen LogP contribution in [0.2, 0.25) is 0 Å². The predicted octanol–water partition coefficient (Wildman–Crippen LogP) is 2.67. The lowest BCUT2D eigenvalue weighted by Gasteiger charge is -2.18. The van der Waals surface area contributed by atoms with Crippen molar-refractivity contribution in [1.82, 2.24) is 0 Å². The molecule has 2 aliphatic rings. The van der Waals surface area contributed by atoms with Crippen LogP contribution in [0.4, 0.5) is 0 Å². The van der Waals surface area contributed by atoms with Gasteiger partial charge in [-0.1, -0.05) is 26.5 Å². The van der Waals surface area contributed by atoms with Gasteiger partial charge in [-0.05, 0) is 54.6 Å². The van der Waals surface area contributed by atoms with Crippen molar-refractivity contribution in [3.63, 3.8) is 0 Å². The second-order valence-electron chi connectivity index (χ2n) is 6.30. The van der Waals surface area contributed by atoms with Crippen molar-refractivity contribution in [1.29, 1.82) is 0 Å². The summed E-state index contributed by atoms with van der Waals surface area (Å²) < 4.78 is 0. The fraction of sp³-hybridized carbons (Fsp3) is 0.733. The molecule has 2 N–H and O–H groups in total. The Morgan fingerprint density at radius 3 is 2.65 bits per heavy atom. The number of aliphatic hydroxyl groups is 2. The first-order valence-corrected chi connectivity index (χ1v) is 6.56. The van der Waals surface area contributed by atoms with Crippen molar-refractivity contribution < 1.29 is 10.2 Å². The summed E-state index contributed by atoms with van der Waals surface area (Å²) in [7, 11) is 0. The van der Waals surface area contributed by atoms with Gasteiger partial charge in [0, 0.05) is 0 Å². The molecule has 0 aromatic carbocycles. The largest absolute Gasteiger partial charge is 0.389 e. The molecule has 2 heteroatoms. The third-order valence-electron chi connectivity index (χ3n) is 4.86. The minimum absolute atomic E-state index is 0.203. The average Bonchev–Trinajstić information content (AvgIpc) is 2.82. The maximum atomic E-state index is 10.3. The number of fused-ring (bicyclic) bond motifs is 1. The van der Waals surface area contributed by atoms with E-state index >= 15 is 0 Å². The molecule has 96 valence electrons. The topological polar surface area (TPSA) is 40.5 Å². The highest BCUT2D eigenvalue weighted by Gasteiger charge is 2.60. The van der Waals surface area contributed by atoms with Crippen molar-refractivity contribution in [3.05, 3.63) is 23.8 Å². The van der Waals surface area contributed by atoms with Crippen LogP contribution in [0, 0.1) is 17.3 Å². The zero-order chi connectivity index (χ0) is 12.8. The van der Waals surface area contributed by atoms with Crippen molar-refractivity contribution in [2.45, 2.75) is 52.2 Å². The lowest BCUT2D eigenvalue weighted by Crippen LogP contribution is -2.18. The Labute approximate surface area is 104 Å². The summed E-state index contributed by atoms with van der Waals surface area (Å²) in [6.45, 7) is 10.4. The van der Waals surface area contributed by atoms with Gasteiger partial charge in [-0.3, -0.25) is 0 Å². The maximum absolute atomic E-state index is 10.3. The van der Waals surface area contributed by atoms with Gasteiger partial charge >= 0.3 is 0 Å². The summed E-state index contributed by atoms with van der Waals surface area (Å²) in [6.07, 6.45) is 3.73. The van der Waals surface area contributed by atoms with Crippen molar-refractivity contribution in [2.24, 2.45) is 17.3 Å². The molecule has 2 aliphatic carbocycles. The minimum atomic E-state index is -0.394. The lowest BCUT2D eigenvalue weighted by atomic mass is 9.94. The van der Waals surface area contributed by atoms with E-state index in [0.717, 1.165) is 17.6 Å². The quantitative estimate of drug-likeness (QED) is 0.635. The molecule has 0 saturated heterocycles. The number of allylic oxidation sites excluding steroid dienone is 1. The zero-order valence-corrected chi connectivity index (χ0v) is 11.1. The molecule has 0 radical (unpaired) electrons. The van der Waals surface area contributed by atoms with Crippen molar-refractivity contribution in [3.8, 4) is 0 Å². The Balaban J connectivity index is 2.21. The normalized spacial score (nSPS) is 41.5. The molecular formula is C15H24O2. The third kappa shape index (κ3) is 2.21. The Morgan fingerprint density at radius 2 is 2.00 bits per heavy atom. The van der Waals surface area contributed by atoms with Crippen LogP contribution in [0.1, 0.15) is 40.0 Å². The molecule has 0 heterocycles. The Hall–Kier alpha value is -0.600. The summed E-state index contributed by atoms with van der Waals surface area (Å²) in [5, 5.41) is 20.2. The van der Waals surface area contributed by atoms with E-state index in [9.17, 15) is 10.2 Å². The second-order valence-corrected chi connectivity index (χ2v) is 6.30. The third-order valence-corrected chi connectivity index (χ3v) is 4.86. The van der Waals surface area contributed by atoms with E-state index in [1.807, 2.05) is 6.92 Å². The molecule has 1 fully saturated rings. The number of rotatable bonds is 0. The van der Waals surface area contributed by atoms with Gasteiger partial charge in [0.1, 0.15) is 0 Å². The predicted molar refractivity (Wildman–Crippen MR) is 69.5 cm³/mol. The van der Waals surface area contributed by atoms with Gasteiger partial charge in [0.2, 0.25) is 0 Å². The Morgan fingerprint density at radius 1 is 1.35 bits per heavy atom. The van der Waals surface area contributed by atoms with Crippen LogP contribution in [0.3, 0.4) is 0 Å². The first kappa shape index (κ1) is 12.8. The van der Waals surface area contributed by atoms with E-state index in [0.29, 0.717) is 24.7 Å². The maximum Gasteiger partial charge on any atom is 0.0783 e. The highest BCUT2D eigenvalue weighted by atomic mass is 16.3. The molecule has 1 saturated carbocycles. The summed E-state index contributed by atoms with van der Waals surface area (Å²) in [4.78, 5) is 0. The Kier molecular flexibility index (Phi) is 3.21. The summed E-state index contributed by atoms with van der Waals surface area (Å²) >= 11 is 0. The molecule has 0 amide bonds.